The smallest absolute Gasteiger partial charge is 1.00 e. The molecule has 24 heavy (non-hydrogen) atoms. The van der Waals surface area contributed by atoms with Crippen molar-refractivity contribution in [2.45, 2.75) is 6.42 Å². The van der Waals surface area contributed by atoms with Crippen LogP contribution in [0.2, 0.25) is 0 Å². The summed E-state index contributed by atoms with van der Waals surface area (Å²) in [7, 11) is 0. The van der Waals surface area contributed by atoms with Crippen molar-refractivity contribution in [3.05, 3.63) is 89.5 Å². The zero-order valence-electron chi connectivity index (χ0n) is 12.8. The van der Waals surface area contributed by atoms with Gasteiger partial charge < -0.3 is 24.8 Å². The van der Waals surface area contributed by atoms with Crippen LogP contribution in [0.5, 0.6) is 0 Å². The van der Waals surface area contributed by atoms with E-state index in [4.69, 9.17) is 0 Å². The van der Waals surface area contributed by atoms with Crippen LogP contribution in [0, 0.1) is 12.1 Å². The standard InChI is InChI=1S/C15H8N.C5H5.2ClH.Zr/c1-2-6-11-10(5-1)9-13-12-7-3-4-8-14(12)16-15(11)13;1-2-4-5-3-1;;;/h1-4,6-9H;1-3H,4H2;2*1H;/q2*-1;;;+4/p-2. The van der Waals surface area contributed by atoms with E-state index < -0.39 is 0 Å². The Hall–Kier alpha value is -1.21. The van der Waals surface area contributed by atoms with Gasteiger partial charge in [-0.1, -0.05) is 23.8 Å². The van der Waals surface area contributed by atoms with E-state index in [-0.39, 0.29) is 51.0 Å². The first-order chi connectivity index (χ1) is 10.4. The monoisotopic (exact) mass is 427 g/mol. The summed E-state index contributed by atoms with van der Waals surface area (Å²) in [6, 6.07) is 17.6. The Kier molecular flexibility index (Phi) is 8.09. The Morgan fingerprint density at radius 1 is 0.958 bits per heavy atom. The molecule has 0 N–H and O–H groups in total. The summed E-state index contributed by atoms with van der Waals surface area (Å²) in [6.45, 7) is 0. The molecule has 0 radical (unpaired) electrons. The second-order valence-corrected chi connectivity index (χ2v) is 5.04. The number of halogens is 2. The number of aliphatic imine (C=N–C) groups is 1. The summed E-state index contributed by atoms with van der Waals surface area (Å²) in [5.74, 6) is 0. The fourth-order valence-electron chi connectivity index (χ4n) is 2.72. The summed E-state index contributed by atoms with van der Waals surface area (Å²) in [4.78, 5) is 4.68. The Balaban J connectivity index is 0.000000317. The summed E-state index contributed by atoms with van der Waals surface area (Å²) in [5, 5.41) is 0. The predicted molar refractivity (Wildman–Crippen MR) is 87.4 cm³/mol. The van der Waals surface area contributed by atoms with Gasteiger partial charge in [-0.2, -0.15) is 6.08 Å². The Bertz CT molecular complexity index is 766. The first-order valence-corrected chi connectivity index (χ1v) is 7.06. The molecular formula is C20H13Cl2NZr. The third kappa shape index (κ3) is 3.88. The molecule has 1 heterocycles. The molecule has 0 saturated carbocycles. The molecule has 2 aromatic carbocycles. The zero-order chi connectivity index (χ0) is 14.1. The van der Waals surface area contributed by atoms with Gasteiger partial charge in [0.25, 0.3) is 0 Å². The maximum Gasteiger partial charge on any atom is 4.00 e. The summed E-state index contributed by atoms with van der Waals surface area (Å²) < 4.78 is 0. The average Bonchev–Trinajstić information content (AvgIpc) is 3.25. The van der Waals surface area contributed by atoms with Crippen molar-refractivity contribution in [2.24, 2.45) is 4.99 Å². The normalized spacial score (nSPS) is 13.7. The van der Waals surface area contributed by atoms with Crippen LogP contribution < -0.4 is 24.8 Å². The van der Waals surface area contributed by atoms with Crippen LogP contribution in [-0.4, -0.2) is 5.71 Å². The summed E-state index contributed by atoms with van der Waals surface area (Å²) in [6.07, 6.45) is 12.2. The van der Waals surface area contributed by atoms with Crippen LogP contribution >= 0.6 is 0 Å². The van der Waals surface area contributed by atoms with Gasteiger partial charge in [0.2, 0.25) is 0 Å². The van der Waals surface area contributed by atoms with E-state index in [0.29, 0.717) is 0 Å². The number of hydrogen-bond acceptors (Lipinski definition) is 1. The van der Waals surface area contributed by atoms with Gasteiger partial charge in [0.05, 0.1) is 5.69 Å². The van der Waals surface area contributed by atoms with Crippen LogP contribution in [0.3, 0.4) is 0 Å². The van der Waals surface area contributed by atoms with Gasteiger partial charge in [-0.25, -0.2) is 12.2 Å². The zero-order valence-corrected chi connectivity index (χ0v) is 16.7. The van der Waals surface area contributed by atoms with Crippen molar-refractivity contribution in [3.63, 3.8) is 0 Å². The molecule has 1 nitrogen and oxygen atoms in total. The van der Waals surface area contributed by atoms with E-state index in [0.717, 1.165) is 23.4 Å². The molecular weight excluding hydrogens is 416 g/mol. The van der Waals surface area contributed by atoms with Crippen molar-refractivity contribution in [2.75, 3.05) is 0 Å². The largest absolute Gasteiger partial charge is 4.00 e. The second kappa shape index (κ2) is 9.32. The molecule has 0 amide bonds. The van der Waals surface area contributed by atoms with Crippen molar-refractivity contribution in [1.82, 2.24) is 0 Å². The molecule has 5 rings (SSSR count). The van der Waals surface area contributed by atoms with Gasteiger partial charge in [-0.05, 0) is 17.2 Å². The number of hydrogen-bond donors (Lipinski definition) is 0. The maximum atomic E-state index is 4.68. The van der Waals surface area contributed by atoms with Crippen molar-refractivity contribution in [1.29, 1.82) is 0 Å². The number of rotatable bonds is 0. The fraction of sp³-hybridized carbons (Fsp3) is 0.0500. The number of allylic oxidation sites excluding steroid dienone is 5. The molecule has 0 bridgehead atoms. The quantitative estimate of drug-likeness (QED) is 0.466. The fourth-order valence-corrected chi connectivity index (χ4v) is 2.72. The minimum Gasteiger partial charge on any atom is -1.00 e. The minimum atomic E-state index is 0. The molecule has 0 saturated heterocycles. The molecule has 0 aromatic heterocycles. The third-order valence-corrected chi connectivity index (χ3v) is 3.70. The van der Waals surface area contributed by atoms with E-state index in [9.17, 15) is 0 Å². The SMILES string of the molecule is [C-]1=CC=CC1.[Cl-].[Cl-].[Zr+4].[c-]1cccc2c1C=C1C2=Nc2ccccc21. The molecule has 3 aliphatic rings. The first-order valence-electron chi connectivity index (χ1n) is 7.06. The molecule has 1 aliphatic heterocycles. The average molecular weight is 429 g/mol. The molecule has 0 spiro atoms. The number of benzene rings is 2. The summed E-state index contributed by atoms with van der Waals surface area (Å²) >= 11 is 0. The molecule has 0 unspecified atom stereocenters. The maximum absolute atomic E-state index is 4.68. The van der Waals surface area contributed by atoms with Gasteiger partial charge in [0, 0.05) is 5.71 Å². The van der Waals surface area contributed by atoms with Gasteiger partial charge in [0.1, 0.15) is 0 Å². The van der Waals surface area contributed by atoms with Crippen LogP contribution in [-0.2, 0) is 26.2 Å². The van der Waals surface area contributed by atoms with Crippen LogP contribution in [0.25, 0.3) is 11.6 Å². The van der Waals surface area contributed by atoms with Crippen LogP contribution in [0.15, 0.2) is 65.7 Å². The topological polar surface area (TPSA) is 12.4 Å². The van der Waals surface area contributed by atoms with Gasteiger partial charge in [-0.15, -0.1) is 42.3 Å². The predicted octanol–water partition coefficient (Wildman–Crippen LogP) is -1.21. The van der Waals surface area contributed by atoms with Crippen molar-refractivity contribution >= 4 is 23.0 Å². The Morgan fingerprint density at radius 3 is 2.46 bits per heavy atom. The van der Waals surface area contributed by atoms with Crippen LogP contribution in [0.4, 0.5) is 5.69 Å². The number of para-hydroxylation sites is 1. The molecule has 2 aliphatic carbocycles. The van der Waals surface area contributed by atoms with E-state index in [2.05, 4.69) is 53.6 Å². The molecule has 0 atom stereocenters. The van der Waals surface area contributed by atoms with E-state index in [1.807, 2.05) is 30.4 Å². The molecule has 116 valence electrons. The minimum absolute atomic E-state index is 0. The van der Waals surface area contributed by atoms with Gasteiger partial charge in [0.15, 0.2) is 0 Å². The van der Waals surface area contributed by atoms with Gasteiger partial charge in [-0.3, -0.25) is 11.1 Å². The Morgan fingerprint density at radius 2 is 1.75 bits per heavy atom. The summed E-state index contributed by atoms with van der Waals surface area (Å²) in [5.41, 5.74) is 7.03. The molecule has 2 aromatic rings. The van der Waals surface area contributed by atoms with E-state index in [1.165, 1.54) is 16.7 Å². The van der Waals surface area contributed by atoms with Crippen molar-refractivity contribution < 1.29 is 51.0 Å². The number of nitrogens with zero attached hydrogens (tertiary/aromatic N) is 1. The van der Waals surface area contributed by atoms with Gasteiger partial charge >= 0.3 is 26.2 Å². The number of fused-ring (bicyclic) bond motifs is 5. The van der Waals surface area contributed by atoms with Crippen molar-refractivity contribution in [3.8, 4) is 0 Å². The van der Waals surface area contributed by atoms with E-state index in [1.54, 1.807) is 0 Å². The Labute approximate surface area is 174 Å². The first kappa shape index (κ1) is 20.8. The third-order valence-electron chi connectivity index (χ3n) is 3.70. The molecule has 4 heteroatoms. The second-order valence-electron chi connectivity index (χ2n) is 5.04. The van der Waals surface area contributed by atoms with Crippen LogP contribution in [0.1, 0.15) is 23.1 Å². The molecule has 0 fully saturated rings. The van der Waals surface area contributed by atoms with E-state index >= 15 is 0 Å².